The fraction of sp³-hybridized carbons (Fsp3) is 0.529. The Kier molecular flexibility index (Phi) is 3.86. The van der Waals surface area contributed by atoms with Crippen molar-refractivity contribution in [2.24, 2.45) is 11.1 Å². The quantitative estimate of drug-likeness (QED) is 0.863. The number of nitrogens with two attached hydrogens (primary N) is 1. The Morgan fingerprint density at radius 3 is 2.46 bits per heavy atom. The number of halogens is 2. The number of amides is 2. The zero-order valence-electron chi connectivity index (χ0n) is 13.4. The smallest absolute Gasteiger partial charge is 0.240 e. The van der Waals surface area contributed by atoms with E-state index in [1.807, 2.05) is 0 Å². The normalized spacial score (nSPS) is 33.2. The SMILES string of the molecule is CC1(O)CCCC2(CC(C(N)=O)N(c3cc(F)cc(F)c3)C2=O)C1. The van der Waals surface area contributed by atoms with Crippen LogP contribution in [0, 0.1) is 17.0 Å². The van der Waals surface area contributed by atoms with Crippen molar-refractivity contribution in [2.75, 3.05) is 4.90 Å². The lowest BCUT2D eigenvalue weighted by Gasteiger charge is -2.40. The lowest BCUT2D eigenvalue weighted by Crippen LogP contribution is -2.45. The van der Waals surface area contributed by atoms with Gasteiger partial charge in [0.05, 0.1) is 16.7 Å². The van der Waals surface area contributed by atoms with Gasteiger partial charge in [0.15, 0.2) is 0 Å². The van der Waals surface area contributed by atoms with Gasteiger partial charge in [-0.25, -0.2) is 8.78 Å². The van der Waals surface area contributed by atoms with Gasteiger partial charge in [0.2, 0.25) is 11.8 Å². The second-order valence-corrected chi connectivity index (χ2v) is 7.23. The molecule has 1 aromatic rings. The fourth-order valence-electron chi connectivity index (χ4n) is 4.22. The molecule has 2 aliphatic rings. The maximum absolute atomic E-state index is 13.6. The molecule has 5 nitrogen and oxygen atoms in total. The number of hydrogen-bond acceptors (Lipinski definition) is 3. The van der Waals surface area contributed by atoms with Gasteiger partial charge in [0.1, 0.15) is 17.7 Å². The van der Waals surface area contributed by atoms with Gasteiger partial charge in [-0.05, 0) is 51.2 Å². The van der Waals surface area contributed by atoms with Gasteiger partial charge in [0, 0.05) is 6.07 Å². The molecule has 2 fully saturated rings. The number of carbonyl (C=O) groups excluding carboxylic acids is 2. The van der Waals surface area contributed by atoms with Crippen molar-refractivity contribution < 1.29 is 23.5 Å². The second kappa shape index (κ2) is 5.51. The van der Waals surface area contributed by atoms with Crippen LogP contribution in [0.4, 0.5) is 14.5 Å². The van der Waals surface area contributed by atoms with Crippen LogP contribution in [0.2, 0.25) is 0 Å². The molecule has 24 heavy (non-hydrogen) atoms. The van der Waals surface area contributed by atoms with Crippen molar-refractivity contribution in [3.05, 3.63) is 29.8 Å². The molecule has 130 valence electrons. The van der Waals surface area contributed by atoms with E-state index in [0.29, 0.717) is 25.3 Å². The number of benzene rings is 1. The molecule has 7 heteroatoms. The third-order valence-corrected chi connectivity index (χ3v) is 5.11. The summed E-state index contributed by atoms with van der Waals surface area (Å²) < 4.78 is 27.1. The lowest BCUT2D eigenvalue weighted by atomic mass is 9.66. The van der Waals surface area contributed by atoms with E-state index >= 15 is 0 Å². The summed E-state index contributed by atoms with van der Waals surface area (Å²) in [6, 6.07) is 1.74. The van der Waals surface area contributed by atoms with Gasteiger partial charge >= 0.3 is 0 Å². The number of anilines is 1. The van der Waals surface area contributed by atoms with Crippen LogP contribution < -0.4 is 10.6 Å². The Balaban J connectivity index is 2.04. The molecular formula is C17H20F2N2O3. The highest BCUT2D eigenvalue weighted by atomic mass is 19.1. The first-order valence-electron chi connectivity index (χ1n) is 7.95. The molecule has 1 aromatic carbocycles. The summed E-state index contributed by atoms with van der Waals surface area (Å²) in [6.45, 7) is 1.66. The van der Waals surface area contributed by atoms with Crippen LogP contribution >= 0.6 is 0 Å². The zero-order chi connectivity index (χ0) is 17.7. The molecule has 3 unspecified atom stereocenters. The average Bonchev–Trinajstić information content (AvgIpc) is 2.70. The van der Waals surface area contributed by atoms with Gasteiger partial charge in [0.25, 0.3) is 0 Å². The van der Waals surface area contributed by atoms with Crippen molar-refractivity contribution >= 4 is 17.5 Å². The summed E-state index contributed by atoms with van der Waals surface area (Å²) in [5.41, 5.74) is 3.47. The molecule has 0 aromatic heterocycles. The van der Waals surface area contributed by atoms with E-state index in [0.717, 1.165) is 17.0 Å². The Bertz CT molecular complexity index is 687. The topological polar surface area (TPSA) is 83.6 Å². The largest absolute Gasteiger partial charge is 0.390 e. The highest BCUT2D eigenvalue weighted by Crippen LogP contribution is 2.51. The van der Waals surface area contributed by atoms with Crippen LogP contribution in [0.5, 0.6) is 0 Å². The zero-order valence-corrected chi connectivity index (χ0v) is 13.4. The maximum atomic E-state index is 13.6. The van der Waals surface area contributed by atoms with E-state index in [2.05, 4.69) is 0 Å². The Morgan fingerprint density at radius 2 is 1.92 bits per heavy atom. The first kappa shape index (κ1) is 16.8. The minimum absolute atomic E-state index is 0.0246. The number of hydrogen-bond donors (Lipinski definition) is 2. The van der Waals surface area contributed by atoms with Crippen LogP contribution in [0.25, 0.3) is 0 Å². The van der Waals surface area contributed by atoms with Crippen molar-refractivity contribution in [3.63, 3.8) is 0 Å². The molecule has 2 amide bonds. The molecule has 1 aliphatic heterocycles. The fourth-order valence-corrected chi connectivity index (χ4v) is 4.22. The van der Waals surface area contributed by atoms with Gasteiger partial charge in [-0.15, -0.1) is 0 Å². The number of rotatable bonds is 2. The van der Waals surface area contributed by atoms with E-state index in [4.69, 9.17) is 5.73 Å². The van der Waals surface area contributed by atoms with Gasteiger partial charge < -0.3 is 10.8 Å². The summed E-state index contributed by atoms with van der Waals surface area (Å²) in [7, 11) is 0. The number of nitrogens with zero attached hydrogens (tertiary/aromatic N) is 1. The Hall–Kier alpha value is -2.02. The standard InChI is InChI=1S/C17H20F2N2O3/c1-16(24)3-2-4-17(9-16)8-13(14(20)22)21(15(17)23)12-6-10(18)5-11(19)7-12/h5-7,13,24H,2-4,8-9H2,1H3,(H2,20,22). The molecular weight excluding hydrogens is 318 g/mol. The minimum Gasteiger partial charge on any atom is -0.390 e. The van der Waals surface area contributed by atoms with Crippen molar-refractivity contribution in [1.29, 1.82) is 0 Å². The minimum atomic E-state index is -1.01. The van der Waals surface area contributed by atoms with Crippen LogP contribution in [-0.2, 0) is 9.59 Å². The molecule has 1 saturated carbocycles. The van der Waals surface area contributed by atoms with Gasteiger partial charge in [-0.2, -0.15) is 0 Å². The molecule has 0 bridgehead atoms. The average molecular weight is 338 g/mol. The van der Waals surface area contributed by atoms with Crippen LogP contribution in [0.1, 0.15) is 39.0 Å². The molecule has 3 N–H and O–H groups in total. The first-order chi connectivity index (χ1) is 11.1. The third-order valence-electron chi connectivity index (χ3n) is 5.11. The summed E-state index contributed by atoms with van der Waals surface area (Å²) in [4.78, 5) is 26.0. The molecule has 0 radical (unpaired) electrons. The molecule has 3 rings (SSSR count). The van der Waals surface area contributed by atoms with Crippen molar-refractivity contribution in [2.45, 2.75) is 50.7 Å². The summed E-state index contributed by atoms with van der Waals surface area (Å²) in [6.07, 6.45) is 2.07. The van der Waals surface area contributed by atoms with Crippen LogP contribution in [-0.4, -0.2) is 28.6 Å². The maximum Gasteiger partial charge on any atom is 0.240 e. The lowest BCUT2D eigenvalue weighted by molar-refractivity contribution is -0.133. The van der Waals surface area contributed by atoms with E-state index in [1.54, 1.807) is 6.92 Å². The number of primary amides is 1. The summed E-state index contributed by atoms with van der Waals surface area (Å²) in [5, 5.41) is 10.4. The predicted molar refractivity (Wildman–Crippen MR) is 83.0 cm³/mol. The molecule has 1 spiro atoms. The van der Waals surface area contributed by atoms with E-state index in [1.165, 1.54) is 0 Å². The van der Waals surface area contributed by atoms with Crippen LogP contribution in [0.15, 0.2) is 18.2 Å². The predicted octanol–water partition coefficient (Wildman–Crippen LogP) is 1.87. The highest BCUT2D eigenvalue weighted by molar-refractivity contribution is 6.06. The highest BCUT2D eigenvalue weighted by Gasteiger charge is 2.57. The summed E-state index contributed by atoms with van der Waals surface area (Å²) in [5.74, 6) is -2.80. The van der Waals surface area contributed by atoms with E-state index < -0.39 is 40.5 Å². The van der Waals surface area contributed by atoms with E-state index in [-0.39, 0.29) is 18.5 Å². The van der Waals surface area contributed by atoms with Crippen LogP contribution in [0.3, 0.4) is 0 Å². The number of aliphatic hydroxyl groups is 1. The molecule has 1 aliphatic carbocycles. The molecule has 3 atom stereocenters. The number of carbonyl (C=O) groups is 2. The van der Waals surface area contributed by atoms with Crippen molar-refractivity contribution in [1.82, 2.24) is 0 Å². The Labute approximate surface area is 138 Å². The van der Waals surface area contributed by atoms with Gasteiger partial charge in [-0.3, -0.25) is 14.5 Å². The molecule has 1 saturated heterocycles. The summed E-state index contributed by atoms with van der Waals surface area (Å²) >= 11 is 0. The Morgan fingerprint density at radius 1 is 1.29 bits per heavy atom. The second-order valence-electron chi connectivity index (χ2n) is 7.23. The van der Waals surface area contributed by atoms with Gasteiger partial charge in [-0.1, -0.05) is 0 Å². The monoisotopic (exact) mass is 338 g/mol. The van der Waals surface area contributed by atoms with E-state index in [9.17, 15) is 23.5 Å². The molecule has 1 heterocycles. The first-order valence-corrected chi connectivity index (χ1v) is 7.95. The van der Waals surface area contributed by atoms with Crippen molar-refractivity contribution in [3.8, 4) is 0 Å². The third kappa shape index (κ3) is 2.77.